The highest BCUT2D eigenvalue weighted by Gasteiger charge is 2.17. The van der Waals surface area contributed by atoms with Crippen molar-refractivity contribution in [2.45, 2.75) is 18.8 Å². The van der Waals surface area contributed by atoms with Crippen LogP contribution in [0.15, 0.2) is 48.5 Å². The van der Waals surface area contributed by atoms with Crippen molar-refractivity contribution in [2.24, 2.45) is 0 Å². The number of halogens is 2. The predicted octanol–water partition coefficient (Wildman–Crippen LogP) is 4.46. The molecular formula is C19H19Cl2NO3. The number of ether oxygens (including phenoxy) is 1. The highest BCUT2D eigenvalue weighted by atomic mass is 35.5. The summed E-state index contributed by atoms with van der Waals surface area (Å²) in [5, 5.41) is 3.61. The maximum atomic E-state index is 12.2. The van der Waals surface area contributed by atoms with Crippen molar-refractivity contribution >= 4 is 35.1 Å². The molecule has 2 aromatic rings. The maximum absolute atomic E-state index is 12.2. The van der Waals surface area contributed by atoms with Gasteiger partial charge in [0.2, 0.25) is 0 Å². The molecule has 0 aliphatic carbocycles. The molecule has 0 aliphatic rings. The van der Waals surface area contributed by atoms with Gasteiger partial charge in [-0.15, -0.1) is 0 Å². The minimum atomic E-state index is -0.277. The van der Waals surface area contributed by atoms with Crippen LogP contribution in [-0.4, -0.2) is 25.5 Å². The molecule has 1 atom stereocenters. The molecule has 132 valence electrons. The average Bonchev–Trinajstić information content (AvgIpc) is 2.61. The zero-order chi connectivity index (χ0) is 18.2. The number of esters is 1. The van der Waals surface area contributed by atoms with Gasteiger partial charge in [-0.2, -0.15) is 0 Å². The van der Waals surface area contributed by atoms with Crippen LogP contribution >= 0.6 is 23.2 Å². The number of benzene rings is 2. The lowest BCUT2D eigenvalue weighted by Gasteiger charge is -2.17. The Hall–Kier alpha value is -2.04. The fraction of sp³-hybridized carbons (Fsp3) is 0.263. The van der Waals surface area contributed by atoms with Gasteiger partial charge in [-0.1, -0.05) is 53.5 Å². The molecule has 0 saturated heterocycles. The Morgan fingerprint density at radius 2 is 1.84 bits per heavy atom. The fourth-order valence-electron chi connectivity index (χ4n) is 2.53. The van der Waals surface area contributed by atoms with E-state index in [9.17, 15) is 9.59 Å². The molecule has 2 aromatic carbocycles. The Kier molecular flexibility index (Phi) is 7.29. The molecule has 1 N–H and O–H groups in total. The smallest absolute Gasteiger partial charge is 0.306 e. The van der Waals surface area contributed by atoms with Crippen LogP contribution in [0.2, 0.25) is 10.0 Å². The molecule has 0 saturated carbocycles. The first-order valence-electron chi connectivity index (χ1n) is 7.86. The van der Waals surface area contributed by atoms with Gasteiger partial charge in [0.1, 0.15) is 0 Å². The molecule has 25 heavy (non-hydrogen) atoms. The van der Waals surface area contributed by atoms with E-state index in [0.717, 1.165) is 5.56 Å². The first kappa shape index (κ1) is 19.3. The highest BCUT2D eigenvalue weighted by molar-refractivity contribution is 6.36. The summed E-state index contributed by atoms with van der Waals surface area (Å²) >= 11 is 11.9. The topological polar surface area (TPSA) is 55.4 Å². The molecule has 0 radical (unpaired) electrons. The second-order valence-corrected chi connectivity index (χ2v) is 6.40. The minimum Gasteiger partial charge on any atom is -0.469 e. The predicted molar refractivity (Wildman–Crippen MR) is 99.2 cm³/mol. The van der Waals surface area contributed by atoms with Crippen LogP contribution < -0.4 is 5.32 Å². The summed E-state index contributed by atoms with van der Waals surface area (Å²) in [6, 6.07) is 14.4. The number of carbonyl (C=O) groups is 2. The zero-order valence-corrected chi connectivity index (χ0v) is 15.3. The molecule has 0 aliphatic heterocycles. The van der Waals surface area contributed by atoms with Crippen molar-refractivity contribution in [3.8, 4) is 0 Å². The second-order valence-electron chi connectivity index (χ2n) is 5.56. The van der Waals surface area contributed by atoms with Crippen LogP contribution in [0.25, 0.3) is 0 Å². The normalized spacial score (nSPS) is 11.6. The number of carbonyl (C=O) groups excluding carboxylic acids is 2. The van der Waals surface area contributed by atoms with Gasteiger partial charge in [0.05, 0.1) is 24.1 Å². The molecule has 2 rings (SSSR count). The summed E-state index contributed by atoms with van der Waals surface area (Å²) in [6.45, 7) is 0.411. The lowest BCUT2D eigenvalue weighted by atomic mass is 9.92. The molecule has 0 fully saturated rings. The second kappa shape index (κ2) is 9.44. The van der Waals surface area contributed by atoms with Crippen LogP contribution in [-0.2, 0) is 9.53 Å². The van der Waals surface area contributed by atoms with Gasteiger partial charge < -0.3 is 10.1 Å². The van der Waals surface area contributed by atoms with Crippen molar-refractivity contribution < 1.29 is 14.3 Å². The van der Waals surface area contributed by atoms with Gasteiger partial charge in [0.15, 0.2) is 0 Å². The summed E-state index contributed by atoms with van der Waals surface area (Å²) < 4.78 is 4.77. The monoisotopic (exact) mass is 379 g/mol. The third-order valence-corrected chi connectivity index (χ3v) is 4.41. The van der Waals surface area contributed by atoms with E-state index >= 15 is 0 Å². The third kappa shape index (κ3) is 5.76. The third-order valence-electron chi connectivity index (χ3n) is 3.87. The van der Waals surface area contributed by atoms with E-state index in [1.165, 1.54) is 13.2 Å². The molecule has 0 aromatic heterocycles. The van der Waals surface area contributed by atoms with Crippen molar-refractivity contribution in [1.29, 1.82) is 0 Å². The summed E-state index contributed by atoms with van der Waals surface area (Å²) in [6.07, 6.45) is 0.869. The van der Waals surface area contributed by atoms with E-state index < -0.39 is 0 Å². The van der Waals surface area contributed by atoms with Gasteiger partial charge in [0, 0.05) is 11.6 Å². The first-order valence-corrected chi connectivity index (χ1v) is 8.62. The Morgan fingerprint density at radius 3 is 2.48 bits per heavy atom. The molecular weight excluding hydrogens is 361 g/mol. The summed E-state index contributed by atoms with van der Waals surface area (Å²) in [5.74, 6) is -0.581. The van der Waals surface area contributed by atoms with Crippen LogP contribution in [0.5, 0.6) is 0 Å². The van der Waals surface area contributed by atoms with Gasteiger partial charge in [0.25, 0.3) is 5.91 Å². The van der Waals surface area contributed by atoms with Gasteiger partial charge in [-0.05, 0) is 36.1 Å². The first-order chi connectivity index (χ1) is 12.0. The van der Waals surface area contributed by atoms with Crippen molar-refractivity contribution in [3.05, 3.63) is 69.7 Å². The Balaban J connectivity index is 1.98. The van der Waals surface area contributed by atoms with Crippen LogP contribution in [0.1, 0.15) is 34.7 Å². The quantitative estimate of drug-likeness (QED) is 0.722. The molecule has 4 nitrogen and oxygen atoms in total. The molecule has 0 heterocycles. The lowest BCUT2D eigenvalue weighted by molar-refractivity contribution is -0.141. The van der Waals surface area contributed by atoms with Crippen molar-refractivity contribution in [3.63, 3.8) is 0 Å². The number of nitrogens with one attached hydrogen (secondary N) is 1. The Bertz CT molecular complexity index is 735. The number of amides is 1. The van der Waals surface area contributed by atoms with Crippen LogP contribution in [0.3, 0.4) is 0 Å². The number of hydrogen-bond acceptors (Lipinski definition) is 3. The van der Waals surface area contributed by atoms with E-state index in [1.807, 2.05) is 30.3 Å². The molecule has 1 amide bonds. The molecule has 0 spiro atoms. The maximum Gasteiger partial charge on any atom is 0.306 e. The SMILES string of the molecule is COC(=O)CC(CCNC(=O)c1ccc(Cl)cc1Cl)c1ccccc1. The van der Waals surface area contributed by atoms with Gasteiger partial charge in [-0.25, -0.2) is 0 Å². The van der Waals surface area contributed by atoms with E-state index in [4.69, 9.17) is 27.9 Å². The van der Waals surface area contributed by atoms with Gasteiger partial charge >= 0.3 is 5.97 Å². The summed E-state index contributed by atoms with van der Waals surface area (Å²) in [5.41, 5.74) is 1.40. The Labute approximate surface area is 157 Å². The van der Waals surface area contributed by atoms with Crippen LogP contribution in [0, 0.1) is 0 Å². The summed E-state index contributed by atoms with van der Waals surface area (Å²) in [4.78, 5) is 23.9. The van der Waals surface area contributed by atoms with Crippen molar-refractivity contribution in [1.82, 2.24) is 5.32 Å². The van der Waals surface area contributed by atoms with E-state index in [0.29, 0.717) is 28.6 Å². The van der Waals surface area contributed by atoms with E-state index in [-0.39, 0.29) is 24.2 Å². The largest absolute Gasteiger partial charge is 0.469 e. The number of methoxy groups -OCH3 is 1. The average molecular weight is 380 g/mol. The molecule has 1 unspecified atom stereocenters. The fourth-order valence-corrected chi connectivity index (χ4v) is 3.02. The van der Waals surface area contributed by atoms with Gasteiger partial charge in [-0.3, -0.25) is 9.59 Å². The minimum absolute atomic E-state index is 0.0327. The lowest BCUT2D eigenvalue weighted by Crippen LogP contribution is -2.26. The standard InChI is InChI=1S/C19H19Cl2NO3/c1-25-18(23)11-14(13-5-3-2-4-6-13)9-10-22-19(24)16-8-7-15(20)12-17(16)21/h2-8,12,14H,9-11H2,1H3,(H,22,24). The van der Waals surface area contributed by atoms with E-state index in [2.05, 4.69) is 5.32 Å². The van der Waals surface area contributed by atoms with E-state index in [1.54, 1.807) is 12.1 Å². The molecule has 6 heteroatoms. The summed E-state index contributed by atoms with van der Waals surface area (Å²) in [7, 11) is 1.37. The van der Waals surface area contributed by atoms with Crippen LogP contribution in [0.4, 0.5) is 0 Å². The number of rotatable bonds is 7. The highest BCUT2D eigenvalue weighted by Crippen LogP contribution is 2.24. The Morgan fingerprint density at radius 1 is 1.12 bits per heavy atom. The number of hydrogen-bond donors (Lipinski definition) is 1. The zero-order valence-electron chi connectivity index (χ0n) is 13.8. The molecule has 0 bridgehead atoms. The van der Waals surface area contributed by atoms with Crippen molar-refractivity contribution in [2.75, 3.05) is 13.7 Å².